The normalized spacial score (nSPS) is 10.9. The van der Waals surface area contributed by atoms with Gasteiger partial charge >= 0.3 is 0 Å². The zero-order valence-electron chi connectivity index (χ0n) is 14.4. The van der Waals surface area contributed by atoms with E-state index in [-0.39, 0.29) is 18.1 Å². The first-order chi connectivity index (χ1) is 12.5. The van der Waals surface area contributed by atoms with Crippen molar-refractivity contribution in [3.8, 4) is 5.75 Å². The Bertz CT molecular complexity index is 1010. The number of rotatable bonds is 6. The van der Waals surface area contributed by atoms with Gasteiger partial charge in [-0.3, -0.25) is 14.0 Å². The molecule has 6 nitrogen and oxygen atoms in total. The number of hydrogen-bond acceptors (Lipinski definition) is 5. The average molecular weight is 392 g/mol. The third kappa shape index (κ3) is 4.23. The number of aromatic nitrogens is 2. The van der Waals surface area contributed by atoms with Gasteiger partial charge in [0.2, 0.25) is 5.91 Å². The molecule has 0 aliphatic heterocycles. The van der Waals surface area contributed by atoms with Crippen LogP contribution in [0.4, 0.5) is 5.69 Å². The molecule has 1 N–H and O–H groups in total. The van der Waals surface area contributed by atoms with Crippen LogP contribution in [0.1, 0.15) is 30.3 Å². The van der Waals surface area contributed by atoms with Crippen molar-refractivity contribution in [1.82, 2.24) is 9.38 Å². The molecule has 0 saturated heterocycles. The molecule has 1 aromatic carbocycles. The number of fused-ring (bicyclic) bond motifs is 1. The van der Waals surface area contributed by atoms with Gasteiger partial charge in [0.25, 0.3) is 5.56 Å². The standard InChI is InChI=1S/C18H18ClN3O3S/c1-3-4-16(23)21-14-7-12(19)5-6-15(14)25-10-13-8-17(24)22-9-11(2)26-18(22)20-13/h5-9H,3-4,10H2,1-2H3,(H,21,23). The molecule has 136 valence electrons. The van der Waals surface area contributed by atoms with Crippen LogP contribution in [0.15, 0.2) is 35.3 Å². The van der Waals surface area contributed by atoms with E-state index in [0.29, 0.717) is 33.5 Å². The maximum atomic E-state index is 12.2. The lowest BCUT2D eigenvalue weighted by atomic mass is 10.2. The summed E-state index contributed by atoms with van der Waals surface area (Å²) < 4.78 is 7.30. The summed E-state index contributed by atoms with van der Waals surface area (Å²) in [7, 11) is 0. The summed E-state index contributed by atoms with van der Waals surface area (Å²) in [4.78, 5) is 30.1. The van der Waals surface area contributed by atoms with Crippen molar-refractivity contribution < 1.29 is 9.53 Å². The summed E-state index contributed by atoms with van der Waals surface area (Å²) in [5.74, 6) is 0.370. The number of thiazole rings is 1. The first kappa shape index (κ1) is 18.4. The fourth-order valence-electron chi connectivity index (χ4n) is 2.45. The number of halogens is 1. The molecule has 0 saturated carbocycles. The SMILES string of the molecule is CCCC(=O)Nc1cc(Cl)ccc1OCc1cc(=O)n2cc(C)sc2n1. The Morgan fingerprint density at radius 2 is 2.19 bits per heavy atom. The van der Waals surface area contributed by atoms with E-state index in [1.165, 1.54) is 21.8 Å². The minimum atomic E-state index is -0.148. The van der Waals surface area contributed by atoms with Crippen LogP contribution in [0, 0.1) is 6.92 Å². The number of anilines is 1. The molecule has 0 atom stereocenters. The summed E-state index contributed by atoms with van der Waals surface area (Å²) in [5, 5.41) is 3.30. The monoisotopic (exact) mass is 391 g/mol. The van der Waals surface area contributed by atoms with Gasteiger partial charge in [0.1, 0.15) is 12.4 Å². The van der Waals surface area contributed by atoms with Crippen molar-refractivity contribution in [1.29, 1.82) is 0 Å². The number of aryl methyl sites for hydroxylation is 1. The highest BCUT2D eigenvalue weighted by Crippen LogP contribution is 2.29. The lowest BCUT2D eigenvalue weighted by Crippen LogP contribution is -2.15. The Morgan fingerprint density at radius 1 is 1.38 bits per heavy atom. The van der Waals surface area contributed by atoms with Crippen molar-refractivity contribution in [2.75, 3.05) is 5.32 Å². The highest BCUT2D eigenvalue weighted by atomic mass is 35.5. The predicted molar refractivity (Wildman–Crippen MR) is 103 cm³/mol. The van der Waals surface area contributed by atoms with Crippen molar-refractivity contribution in [2.45, 2.75) is 33.3 Å². The Hall–Kier alpha value is -2.38. The van der Waals surface area contributed by atoms with Crippen LogP contribution in [0.25, 0.3) is 4.96 Å². The first-order valence-electron chi connectivity index (χ1n) is 8.17. The third-order valence-corrected chi connectivity index (χ3v) is 4.74. The van der Waals surface area contributed by atoms with Crippen LogP contribution in [-0.4, -0.2) is 15.3 Å². The number of benzene rings is 1. The second-order valence-electron chi connectivity index (χ2n) is 5.81. The molecule has 0 unspecified atom stereocenters. The fourth-order valence-corrected chi connectivity index (χ4v) is 3.47. The highest BCUT2D eigenvalue weighted by Gasteiger charge is 2.11. The van der Waals surface area contributed by atoms with E-state index < -0.39 is 0 Å². The number of nitrogens with one attached hydrogen (secondary N) is 1. The summed E-state index contributed by atoms with van der Waals surface area (Å²) >= 11 is 7.46. The van der Waals surface area contributed by atoms with Gasteiger partial charge in [-0.2, -0.15) is 0 Å². The van der Waals surface area contributed by atoms with Crippen LogP contribution in [0.2, 0.25) is 5.02 Å². The van der Waals surface area contributed by atoms with Crippen LogP contribution < -0.4 is 15.6 Å². The molecule has 3 aromatic rings. The number of nitrogens with zero attached hydrogens (tertiary/aromatic N) is 2. The van der Waals surface area contributed by atoms with Crippen molar-refractivity contribution in [3.05, 3.63) is 56.4 Å². The van der Waals surface area contributed by atoms with Crippen molar-refractivity contribution >= 4 is 39.5 Å². The predicted octanol–water partition coefficient (Wildman–Crippen LogP) is 4.04. The van der Waals surface area contributed by atoms with E-state index >= 15 is 0 Å². The lowest BCUT2D eigenvalue weighted by Gasteiger charge is -2.12. The quantitative estimate of drug-likeness (QED) is 0.688. The highest BCUT2D eigenvalue weighted by molar-refractivity contribution is 7.16. The molecule has 8 heteroatoms. The maximum absolute atomic E-state index is 12.2. The number of amides is 1. The van der Waals surface area contributed by atoms with Gasteiger partial charge < -0.3 is 10.1 Å². The van der Waals surface area contributed by atoms with E-state index in [1.807, 2.05) is 13.8 Å². The van der Waals surface area contributed by atoms with Crippen molar-refractivity contribution in [2.24, 2.45) is 0 Å². The molecule has 3 rings (SSSR count). The van der Waals surface area contributed by atoms with Gasteiger partial charge in [0.15, 0.2) is 4.96 Å². The van der Waals surface area contributed by atoms with Crippen LogP contribution in [0.3, 0.4) is 0 Å². The summed E-state index contributed by atoms with van der Waals surface area (Å²) in [6.07, 6.45) is 2.93. The van der Waals surface area contributed by atoms with E-state index in [0.717, 1.165) is 11.3 Å². The molecule has 0 aliphatic rings. The van der Waals surface area contributed by atoms with Gasteiger partial charge in [0.05, 0.1) is 11.4 Å². The Kier molecular flexibility index (Phi) is 5.58. The molecule has 0 aliphatic carbocycles. The van der Waals surface area contributed by atoms with Gasteiger partial charge in [-0.25, -0.2) is 4.98 Å². The number of hydrogen-bond donors (Lipinski definition) is 1. The third-order valence-electron chi connectivity index (χ3n) is 3.60. The molecular formula is C18H18ClN3O3S. The van der Waals surface area contributed by atoms with E-state index in [1.54, 1.807) is 24.4 Å². The van der Waals surface area contributed by atoms with E-state index in [4.69, 9.17) is 16.3 Å². The largest absolute Gasteiger partial charge is 0.485 e. The van der Waals surface area contributed by atoms with E-state index in [9.17, 15) is 9.59 Å². The lowest BCUT2D eigenvalue weighted by molar-refractivity contribution is -0.116. The molecule has 0 spiro atoms. The van der Waals surface area contributed by atoms with Crippen molar-refractivity contribution in [3.63, 3.8) is 0 Å². The molecule has 0 bridgehead atoms. The number of carbonyl (C=O) groups excluding carboxylic acids is 1. The summed E-state index contributed by atoms with van der Waals surface area (Å²) in [5.41, 5.74) is 0.879. The van der Waals surface area contributed by atoms with Crippen LogP contribution >= 0.6 is 22.9 Å². The summed E-state index contributed by atoms with van der Waals surface area (Å²) in [6.45, 7) is 3.97. The molecular weight excluding hydrogens is 374 g/mol. The number of ether oxygens (including phenoxy) is 1. The number of carbonyl (C=O) groups is 1. The Balaban J connectivity index is 1.81. The molecule has 1 amide bonds. The minimum absolute atomic E-state index is 0.105. The van der Waals surface area contributed by atoms with Gasteiger partial charge in [-0.1, -0.05) is 18.5 Å². The first-order valence-corrected chi connectivity index (χ1v) is 9.36. The van der Waals surface area contributed by atoms with Gasteiger partial charge in [-0.05, 0) is 31.5 Å². The Labute approximate surface area is 159 Å². The van der Waals surface area contributed by atoms with Gasteiger partial charge in [0, 0.05) is 28.6 Å². The van der Waals surface area contributed by atoms with E-state index in [2.05, 4.69) is 10.3 Å². The Morgan fingerprint density at radius 3 is 2.96 bits per heavy atom. The zero-order chi connectivity index (χ0) is 18.7. The topological polar surface area (TPSA) is 72.7 Å². The summed E-state index contributed by atoms with van der Waals surface area (Å²) in [6, 6.07) is 6.45. The van der Waals surface area contributed by atoms with Crippen LogP contribution in [0.5, 0.6) is 5.75 Å². The molecule has 0 fully saturated rings. The molecule has 26 heavy (non-hydrogen) atoms. The van der Waals surface area contributed by atoms with Gasteiger partial charge in [-0.15, -0.1) is 11.3 Å². The zero-order valence-corrected chi connectivity index (χ0v) is 16.0. The average Bonchev–Trinajstić information content (AvgIpc) is 2.95. The second kappa shape index (κ2) is 7.88. The molecule has 2 aromatic heterocycles. The fraction of sp³-hybridized carbons (Fsp3) is 0.278. The molecule has 0 radical (unpaired) electrons. The molecule has 2 heterocycles. The maximum Gasteiger partial charge on any atom is 0.258 e. The smallest absolute Gasteiger partial charge is 0.258 e. The minimum Gasteiger partial charge on any atom is -0.485 e. The second-order valence-corrected chi connectivity index (χ2v) is 7.46. The van der Waals surface area contributed by atoms with Crippen LogP contribution in [-0.2, 0) is 11.4 Å².